The SMILES string of the molecule is CCN(CC)N(CC)C(=O)COc1cc2c(O)c3c(O)c(C)c4c(c13)C(=O)C(C)(O/C=C\C(OC)C(C)C(OC(C)=O)C(C)C(O)C(C)C(O)C(C)/C=C\C=C(\C)C(=O)N2)O4. The number of hydrogen-bond acceptors (Lipinski definition) is 14. The number of carbonyl (C=O) groups excluding carboxylic acids is 4. The van der Waals surface area contributed by atoms with E-state index in [0.717, 1.165) is 0 Å². The number of ketones is 1. The van der Waals surface area contributed by atoms with Crippen molar-refractivity contribution in [2.24, 2.45) is 23.7 Å². The van der Waals surface area contributed by atoms with Crippen molar-refractivity contribution in [1.29, 1.82) is 0 Å². The van der Waals surface area contributed by atoms with E-state index in [9.17, 15) is 39.6 Å². The molecule has 0 saturated carbocycles. The van der Waals surface area contributed by atoms with E-state index in [1.807, 2.05) is 25.8 Å². The molecular formula is C45H63N3O13. The highest BCUT2D eigenvalue weighted by atomic mass is 16.7. The maximum absolute atomic E-state index is 14.6. The predicted molar refractivity (Wildman–Crippen MR) is 228 cm³/mol. The van der Waals surface area contributed by atoms with Crippen LogP contribution in [0.15, 0.2) is 42.2 Å². The number of benzene rings is 2. The van der Waals surface area contributed by atoms with Gasteiger partial charge >= 0.3 is 11.8 Å². The number of phenols is 2. The number of carbonyl (C=O) groups is 4. The number of Topliss-reactive ketones (excluding diaryl/α,β-unsaturated/α-hetero) is 1. The minimum Gasteiger partial charge on any atom is -0.507 e. The normalized spacial score (nSPS) is 29.3. The predicted octanol–water partition coefficient (Wildman–Crippen LogP) is 5.53. The number of ether oxygens (including phenoxy) is 5. The Kier molecular flexibility index (Phi) is 16.0. The third kappa shape index (κ3) is 9.98. The number of allylic oxidation sites excluding steroid dienone is 2. The number of fused-ring (bicyclic) bond motifs is 14. The number of methoxy groups -OCH3 is 1. The number of aromatic hydroxyl groups is 2. The third-order valence-electron chi connectivity index (χ3n) is 11.8. The molecule has 336 valence electrons. The molecule has 2 aromatic carbocycles. The zero-order valence-electron chi connectivity index (χ0n) is 37.3. The van der Waals surface area contributed by atoms with Gasteiger partial charge in [0.25, 0.3) is 17.6 Å². The fourth-order valence-electron chi connectivity index (χ4n) is 8.06. The van der Waals surface area contributed by atoms with Crippen molar-refractivity contribution in [3.8, 4) is 23.0 Å². The summed E-state index contributed by atoms with van der Waals surface area (Å²) in [6.45, 7) is 19.1. The molecule has 2 aromatic rings. The summed E-state index contributed by atoms with van der Waals surface area (Å²) in [6.07, 6.45) is 3.59. The van der Waals surface area contributed by atoms with Crippen LogP contribution in [0.25, 0.3) is 10.8 Å². The first kappa shape index (κ1) is 48.5. The minimum absolute atomic E-state index is 0.0624. The molecule has 0 aromatic heterocycles. The van der Waals surface area contributed by atoms with E-state index in [1.54, 1.807) is 39.8 Å². The number of anilines is 1. The molecule has 0 aliphatic carbocycles. The fourth-order valence-corrected chi connectivity index (χ4v) is 8.06. The largest absolute Gasteiger partial charge is 0.507 e. The van der Waals surface area contributed by atoms with E-state index in [0.29, 0.717) is 19.6 Å². The van der Waals surface area contributed by atoms with Crippen LogP contribution in [0.4, 0.5) is 5.69 Å². The quantitative estimate of drug-likeness (QED) is 0.119. The second kappa shape index (κ2) is 20.1. The average Bonchev–Trinajstić information content (AvgIpc) is 3.49. The van der Waals surface area contributed by atoms with Gasteiger partial charge < -0.3 is 49.4 Å². The summed E-state index contributed by atoms with van der Waals surface area (Å²) in [5.74, 6) is -8.12. The van der Waals surface area contributed by atoms with Gasteiger partial charge in [-0.3, -0.25) is 24.2 Å². The van der Waals surface area contributed by atoms with E-state index in [1.165, 1.54) is 64.3 Å². The van der Waals surface area contributed by atoms with Crippen molar-refractivity contribution in [3.05, 3.63) is 53.3 Å². The van der Waals surface area contributed by atoms with Crippen LogP contribution < -0.4 is 14.8 Å². The maximum atomic E-state index is 14.6. The molecule has 5 bridgehead atoms. The molecule has 0 spiro atoms. The lowest BCUT2D eigenvalue weighted by Crippen LogP contribution is -2.48. The van der Waals surface area contributed by atoms with Crippen LogP contribution in [-0.4, -0.2) is 118 Å². The van der Waals surface area contributed by atoms with Gasteiger partial charge in [-0.05, 0) is 26.8 Å². The van der Waals surface area contributed by atoms with Crippen molar-refractivity contribution in [2.45, 2.75) is 106 Å². The van der Waals surface area contributed by atoms with E-state index < -0.39 is 95.5 Å². The third-order valence-corrected chi connectivity index (χ3v) is 11.8. The van der Waals surface area contributed by atoms with Crippen molar-refractivity contribution in [1.82, 2.24) is 10.0 Å². The van der Waals surface area contributed by atoms with Crippen LogP contribution in [0.5, 0.6) is 23.0 Å². The average molecular weight is 854 g/mol. The zero-order chi connectivity index (χ0) is 45.7. The van der Waals surface area contributed by atoms with Crippen molar-refractivity contribution in [3.63, 3.8) is 0 Å². The maximum Gasteiger partial charge on any atom is 0.312 e. The van der Waals surface area contributed by atoms with Crippen LogP contribution in [0, 0.1) is 30.6 Å². The molecule has 61 heavy (non-hydrogen) atoms. The molecule has 2 amide bonds. The minimum atomic E-state index is -2.03. The van der Waals surface area contributed by atoms with Crippen molar-refractivity contribution < 1.29 is 63.3 Å². The molecule has 16 heteroatoms. The molecule has 0 saturated heterocycles. The lowest BCUT2D eigenvalue weighted by molar-refractivity contribution is -0.160. The van der Waals surface area contributed by atoms with Gasteiger partial charge in [0.05, 0.1) is 41.2 Å². The Bertz CT molecular complexity index is 2060. The van der Waals surface area contributed by atoms with Crippen LogP contribution >= 0.6 is 0 Å². The number of hydrogen-bond donors (Lipinski definition) is 5. The monoisotopic (exact) mass is 853 g/mol. The molecular weight excluding hydrogens is 791 g/mol. The molecule has 5 rings (SSSR count). The van der Waals surface area contributed by atoms with Gasteiger partial charge in [-0.2, -0.15) is 0 Å². The van der Waals surface area contributed by atoms with Crippen LogP contribution in [0.3, 0.4) is 0 Å². The second-order valence-electron chi connectivity index (χ2n) is 15.9. The Morgan fingerprint density at radius 2 is 1.57 bits per heavy atom. The van der Waals surface area contributed by atoms with Crippen LogP contribution in [-0.2, 0) is 28.6 Å². The molecule has 0 radical (unpaired) electrons. The highest BCUT2D eigenvalue weighted by Crippen LogP contribution is 2.54. The fraction of sp³-hybridized carbons (Fsp3) is 0.556. The van der Waals surface area contributed by atoms with Crippen LogP contribution in [0.1, 0.15) is 85.2 Å². The van der Waals surface area contributed by atoms with Gasteiger partial charge in [0.1, 0.15) is 23.4 Å². The Labute approximate surface area is 357 Å². The molecule has 9 atom stereocenters. The van der Waals surface area contributed by atoms with Gasteiger partial charge in [0.15, 0.2) is 12.4 Å². The lowest BCUT2D eigenvalue weighted by Gasteiger charge is -2.38. The van der Waals surface area contributed by atoms with Gasteiger partial charge in [0.2, 0.25) is 0 Å². The Morgan fingerprint density at radius 3 is 2.16 bits per heavy atom. The van der Waals surface area contributed by atoms with Crippen molar-refractivity contribution in [2.75, 3.05) is 38.7 Å². The summed E-state index contributed by atoms with van der Waals surface area (Å²) < 4.78 is 29.9. The zero-order valence-corrected chi connectivity index (χ0v) is 37.3. The standard InChI is InChI=1S/C45H63N3O13/c1-13-47(14-2)48(15-3)33(50)22-58-32-21-30-40(54)35-34(32)36-42(28(9)39(35)53)61-45(11,43(36)55)59-20-19-31(57-12)25(6)41(60-29(10)49)27(8)38(52)26(7)37(51)23(4)17-16-18-24(5)44(56)46-30/h16-21,23,25-27,31,37-38,41,51-54H,13-15,22H2,1-12H3,(H,46,56)/b17-16-,20-19-,24-18-. The summed E-state index contributed by atoms with van der Waals surface area (Å²) in [5.41, 5.74) is -0.0287. The highest BCUT2D eigenvalue weighted by molar-refractivity contribution is 6.21. The first-order valence-electron chi connectivity index (χ1n) is 20.7. The summed E-state index contributed by atoms with van der Waals surface area (Å²) in [4.78, 5) is 54.1. The number of rotatable bonds is 9. The lowest BCUT2D eigenvalue weighted by atomic mass is 9.78. The van der Waals surface area contributed by atoms with Gasteiger partial charge in [-0.25, -0.2) is 5.01 Å². The van der Waals surface area contributed by atoms with E-state index in [2.05, 4.69) is 5.32 Å². The number of aliphatic hydroxyl groups excluding tert-OH is 2. The molecule has 3 aliphatic rings. The van der Waals surface area contributed by atoms with Gasteiger partial charge in [0, 0.05) is 86.9 Å². The number of amides is 2. The molecule has 3 aliphatic heterocycles. The summed E-state index contributed by atoms with van der Waals surface area (Å²) in [7, 11) is 1.44. The van der Waals surface area contributed by atoms with E-state index >= 15 is 0 Å². The Balaban J connectivity index is 1.94. The molecule has 9 unspecified atom stereocenters. The first-order chi connectivity index (χ1) is 28.7. The highest BCUT2D eigenvalue weighted by Gasteiger charge is 2.50. The number of nitrogens with zero attached hydrogens (tertiary/aromatic N) is 2. The van der Waals surface area contributed by atoms with E-state index in [-0.39, 0.29) is 44.7 Å². The molecule has 3 heterocycles. The summed E-state index contributed by atoms with van der Waals surface area (Å²) >= 11 is 0. The first-order valence-corrected chi connectivity index (χ1v) is 20.7. The molecule has 5 N–H and O–H groups in total. The number of nitrogens with one attached hydrogen (secondary N) is 1. The summed E-state index contributed by atoms with van der Waals surface area (Å²) in [6, 6.07) is 1.27. The van der Waals surface area contributed by atoms with Gasteiger partial charge in [-0.1, -0.05) is 59.8 Å². The number of hydrazine groups is 1. The number of likely N-dealkylation sites (N-methyl/N-ethyl adjacent to an activating group) is 1. The summed E-state index contributed by atoms with van der Waals surface area (Å²) in [5, 5.41) is 52.0. The smallest absolute Gasteiger partial charge is 0.312 e. The van der Waals surface area contributed by atoms with Crippen molar-refractivity contribution >= 4 is 40.0 Å². The topological polar surface area (TPSA) is 214 Å². The van der Waals surface area contributed by atoms with Crippen LogP contribution in [0.2, 0.25) is 0 Å². The molecule has 16 nitrogen and oxygen atoms in total. The molecule has 0 fully saturated rings. The van der Waals surface area contributed by atoms with E-state index in [4.69, 9.17) is 23.7 Å². The Morgan fingerprint density at radius 1 is 0.918 bits per heavy atom. The number of esters is 1. The second-order valence-corrected chi connectivity index (χ2v) is 15.9. The Hall–Kier alpha value is -5.16. The number of aliphatic hydroxyl groups is 2. The van der Waals surface area contributed by atoms with Gasteiger partial charge in [-0.15, -0.1) is 0 Å². The number of phenolic OH excluding ortho intramolecular Hbond substituents is 2.